The highest BCUT2D eigenvalue weighted by molar-refractivity contribution is 9.10. The molecule has 0 aliphatic rings. The van der Waals surface area contributed by atoms with Crippen molar-refractivity contribution in [2.24, 2.45) is 5.73 Å². The van der Waals surface area contributed by atoms with E-state index >= 15 is 0 Å². The Kier molecular flexibility index (Phi) is 3.83. The highest BCUT2D eigenvalue weighted by atomic mass is 79.9. The maximum atomic E-state index is 5.52. The molecule has 0 aliphatic heterocycles. The van der Waals surface area contributed by atoms with E-state index in [-0.39, 0.29) is 5.54 Å². The summed E-state index contributed by atoms with van der Waals surface area (Å²) in [5.74, 6) is 0.804. The Morgan fingerprint density at radius 2 is 2.29 bits per heavy atom. The zero-order valence-corrected chi connectivity index (χ0v) is 10.0. The molecule has 5 heteroatoms. The molecule has 0 aliphatic carbocycles. The number of anilines is 1. The number of hydrogen-bond acceptors (Lipinski definition) is 4. The van der Waals surface area contributed by atoms with E-state index in [0.29, 0.717) is 6.54 Å². The van der Waals surface area contributed by atoms with Crippen molar-refractivity contribution in [3.8, 4) is 0 Å². The lowest BCUT2D eigenvalue weighted by Crippen LogP contribution is -2.33. The van der Waals surface area contributed by atoms with Crippen LogP contribution in [0.4, 0.5) is 5.82 Å². The van der Waals surface area contributed by atoms with Gasteiger partial charge in [-0.2, -0.15) is 0 Å². The van der Waals surface area contributed by atoms with E-state index in [1.165, 1.54) is 6.33 Å². The van der Waals surface area contributed by atoms with Gasteiger partial charge < -0.3 is 11.1 Å². The lowest BCUT2D eigenvalue weighted by Gasteiger charge is -2.26. The van der Waals surface area contributed by atoms with Gasteiger partial charge in [0, 0.05) is 11.7 Å². The summed E-state index contributed by atoms with van der Waals surface area (Å²) < 4.78 is 0.866. The molecule has 0 bridgehead atoms. The zero-order chi connectivity index (χ0) is 10.6. The molecule has 0 spiro atoms. The van der Waals surface area contributed by atoms with Gasteiger partial charge in [-0.1, -0.05) is 0 Å². The van der Waals surface area contributed by atoms with Crippen LogP contribution in [-0.2, 0) is 0 Å². The van der Waals surface area contributed by atoms with E-state index in [2.05, 4.69) is 45.1 Å². The average Bonchev–Trinajstić information content (AvgIpc) is 2.08. The Balaban J connectivity index is 2.73. The average molecular weight is 259 g/mol. The molecule has 1 aromatic heterocycles. The first-order valence-corrected chi connectivity index (χ1v) is 5.28. The molecule has 0 saturated heterocycles. The van der Waals surface area contributed by atoms with Crippen LogP contribution in [-0.4, -0.2) is 22.1 Å². The maximum absolute atomic E-state index is 5.52. The zero-order valence-electron chi connectivity index (χ0n) is 8.42. The first-order chi connectivity index (χ1) is 6.55. The van der Waals surface area contributed by atoms with Gasteiger partial charge in [-0.3, -0.25) is 0 Å². The van der Waals surface area contributed by atoms with Gasteiger partial charge in [0.2, 0.25) is 0 Å². The Morgan fingerprint density at radius 1 is 1.57 bits per heavy atom. The number of halogens is 1. The number of hydrogen-bond donors (Lipinski definition) is 2. The van der Waals surface area contributed by atoms with Crippen LogP contribution in [0.1, 0.15) is 20.3 Å². The number of aromatic nitrogens is 2. The minimum Gasteiger partial charge on any atom is -0.364 e. The Bertz CT molecular complexity index is 301. The van der Waals surface area contributed by atoms with Gasteiger partial charge in [0.25, 0.3) is 0 Å². The molecule has 78 valence electrons. The van der Waals surface area contributed by atoms with Crippen molar-refractivity contribution in [2.45, 2.75) is 25.8 Å². The summed E-state index contributed by atoms with van der Waals surface area (Å²) in [4.78, 5) is 8.03. The maximum Gasteiger partial charge on any atom is 0.144 e. The minimum atomic E-state index is -0.0500. The summed E-state index contributed by atoms with van der Waals surface area (Å²) in [5.41, 5.74) is 5.47. The van der Waals surface area contributed by atoms with E-state index in [1.807, 2.05) is 0 Å². The van der Waals surface area contributed by atoms with Gasteiger partial charge in [-0.25, -0.2) is 9.97 Å². The molecule has 4 nitrogen and oxygen atoms in total. The highest BCUT2D eigenvalue weighted by Crippen LogP contribution is 2.22. The van der Waals surface area contributed by atoms with Gasteiger partial charge in [0.1, 0.15) is 12.1 Å². The molecular weight excluding hydrogens is 244 g/mol. The molecule has 0 atom stereocenters. The van der Waals surface area contributed by atoms with Gasteiger partial charge in [-0.05, 0) is 42.7 Å². The summed E-state index contributed by atoms with van der Waals surface area (Å²) in [6.45, 7) is 4.84. The van der Waals surface area contributed by atoms with E-state index in [0.717, 1.165) is 16.7 Å². The molecule has 1 heterocycles. The lowest BCUT2D eigenvalue weighted by atomic mass is 10.0. The van der Waals surface area contributed by atoms with Crippen molar-refractivity contribution in [3.05, 3.63) is 17.0 Å². The highest BCUT2D eigenvalue weighted by Gasteiger charge is 2.17. The third-order valence-corrected chi connectivity index (χ3v) is 2.47. The van der Waals surface area contributed by atoms with Crippen LogP contribution < -0.4 is 11.1 Å². The van der Waals surface area contributed by atoms with Crippen LogP contribution in [0.25, 0.3) is 0 Å². The summed E-state index contributed by atoms with van der Waals surface area (Å²) in [5, 5.41) is 3.31. The minimum absolute atomic E-state index is 0.0500. The summed E-state index contributed by atoms with van der Waals surface area (Å²) >= 11 is 3.38. The molecule has 0 saturated carbocycles. The Hall–Kier alpha value is -0.680. The fraction of sp³-hybridized carbons (Fsp3) is 0.556. The predicted molar refractivity (Wildman–Crippen MR) is 61.1 cm³/mol. The molecule has 0 aromatic carbocycles. The number of nitrogens with zero attached hydrogens (tertiary/aromatic N) is 2. The number of nitrogens with two attached hydrogens (primary N) is 1. The first kappa shape index (κ1) is 11.4. The molecule has 1 rings (SSSR count). The molecule has 3 N–H and O–H groups in total. The molecule has 14 heavy (non-hydrogen) atoms. The van der Waals surface area contributed by atoms with Crippen LogP contribution in [0, 0.1) is 0 Å². The second-order valence-electron chi connectivity index (χ2n) is 3.77. The normalized spacial score (nSPS) is 11.4. The van der Waals surface area contributed by atoms with E-state index < -0.39 is 0 Å². The fourth-order valence-electron chi connectivity index (χ4n) is 1.15. The second-order valence-corrected chi connectivity index (χ2v) is 4.62. The number of nitrogens with one attached hydrogen (secondary N) is 1. The van der Waals surface area contributed by atoms with Crippen molar-refractivity contribution < 1.29 is 0 Å². The molecule has 0 fully saturated rings. The van der Waals surface area contributed by atoms with Crippen LogP contribution in [0.3, 0.4) is 0 Å². The van der Waals surface area contributed by atoms with Gasteiger partial charge in [0.15, 0.2) is 0 Å². The fourth-order valence-corrected chi connectivity index (χ4v) is 1.47. The van der Waals surface area contributed by atoms with Crippen LogP contribution in [0.2, 0.25) is 0 Å². The molecule has 0 unspecified atom stereocenters. The SMILES string of the molecule is CC(C)(CCN)Nc1ncncc1Br. The van der Waals surface area contributed by atoms with Gasteiger partial charge >= 0.3 is 0 Å². The van der Waals surface area contributed by atoms with Crippen molar-refractivity contribution in [2.75, 3.05) is 11.9 Å². The quantitative estimate of drug-likeness (QED) is 0.865. The van der Waals surface area contributed by atoms with Gasteiger partial charge in [0.05, 0.1) is 4.47 Å². The number of rotatable bonds is 4. The summed E-state index contributed by atoms with van der Waals surface area (Å²) in [7, 11) is 0. The topological polar surface area (TPSA) is 63.8 Å². The molecule has 1 aromatic rings. The van der Waals surface area contributed by atoms with Crippen molar-refractivity contribution in [1.82, 2.24) is 9.97 Å². The Morgan fingerprint density at radius 3 is 2.86 bits per heavy atom. The predicted octanol–water partition coefficient (Wildman–Crippen LogP) is 1.78. The van der Waals surface area contributed by atoms with E-state index in [4.69, 9.17) is 5.73 Å². The van der Waals surface area contributed by atoms with Crippen LogP contribution in [0.5, 0.6) is 0 Å². The van der Waals surface area contributed by atoms with Gasteiger partial charge in [-0.15, -0.1) is 0 Å². The largest absolute Gasteiger partial charge is 0.364 e. The standard InChI is InChI=1S/C9H15BrN4/c1-9(2,3-4-11)14-8-7(10)5-12-6-13-8/h5-6H,3-4,11H2,1-2H3,(H,12,13,14). The Labute approximate surface area is 92.5 Å². The van der Waals surface area contributed by atoms with Crippen LogP contribution >= 0.6 is 15.9 Å². The molecule has 0 amide bonds. The van der Waals surface area contributed by atoms with Crippen molar-refractivity contribution >= 4 is 21.7 Å². The monoisotopic (exact) mass is 258 g/mol. The lowest BCUT2D eigenvalue weighted by molar-refractivity contribution is 0.524. The van der Waals surface area contributed by atoms with Crippen molar-refractivity contribution in [1.29, 1.82) is 0 Å². The third kappa shape index (κ3) is 3.23. The van der Waals surface area contributed by atoms with E-state index in [1.54, 1.807) is 6.20 Å². The second kappa shape index (κ2) is 4.70. The summed E-state index contributed by atoms with van der Waals surface area (Å²) in [6, 6.07) is 0. The van der Waals surface area contributed by atoms with E-state index in [9.17, 15) is 0 Å². The summed E-state index contributed by atoms with van der Waals surface area (Å²) in [6.07, 6.45) is 4.13. The molecule has 0 radical (unpaired) electrons. The third-order valence-electron chi connectivity index (χ3n) is 1.89. The molecular formula is C9H15BrN4. The van der Waals surface area contributed by atoms with Crippen molar-refractivity contribution in [3.63, 3.8) is 0 Å². The van der Waals surface area contributed by atoms with Crippen LogP contribution in [0.15, 0.2) is 17.0 Å². The smallest absolute Gasteiger partial charge is 0.144 e. The first-order valence-electron chi connectivity index (χ1n) is 4.49.